The molecular formula is C10H25NO2. The average molecular weight is 191 g/mol. The normalized spacial score (nSPS) is 9.23. The highest BCUT2D eigenvalue weighted by Crippen LogP contribution is 2.03. The van der Waals surface area contributed by atoms with Crippen LogP contribution >= 0.6 is 0 Å². The molecule has 0 atom stereocenters. The van der Waals surface area contributed by atoms with E-state index in [4.69, 9.17) is 15.9 Å². The topological polar surface area (TPSA) is 66.5 Å². The highest BCUT2D eigenvalue weighted by atomic mass is 16.3. The highest BCUT2D eigenvalue weighted by molar-refractivity contribution is 4.41. The van der Waals surface area contributed by atoms with Crippen LogP contribution in [0.3, 0.4) is 0 Å². The maximum Gasteiger partial charge on any atom is 0.0553 e. The number of nitrogens with two attached hydrogens (primary N) is 1. The van der Waals surface area contributed by atoms with E-state index in [1.54, 1.807) is 0 Å². The van der Waals surface area contributed by atoms with E-state index >= 15 is 0 Å². The minimum Gasteiger partial charge on any atom is -0.396 e. The fourth-order valence-electron chi connectivity index (χ4n) is 0.892. The van der Waals surface area contributed by atoms with Gasteiger partial charge in [0.15, 0.2) is 0 Å². The van der Waals surface area contributed by atoms with Gasteiger partial charge in [-0.3, -0.25) is 0 Å². The van der Waals surface area contributed by atoms with Crippen molar-refractivity contribution in [1.29, 1.82) is 0 Å². The number of aliphatic hydroxyl groups is 2. The molecule has 0 spiro atoms. The van der Waals surface area contributed by atoms with E-state index in [-0.39, 0.29) is 6.61 Å². The van der Waals surface area contributed by atoms with Gasteiger partial charge < -0.3 is 15.9 Å². The van der Waals surface area contributed by atoms with Gasteiger partial charge in [-0.15, -0.1) is 0 Å². The van der Waals surface area contributed by atoms with Crippen molar-refractivity contribution in [1.82, 2.24) is 0 Å². The van der Waals surface area contributed by atoms with Crippen LogP contribution in [-0.4, -0.2) is 30.0 Å². The fourth-order valence-corrected chi connectivity index (χ4v) is 0.892. The van der Waals surface area contributed by atoms with Crippen LogP contribution < -0.4 is 5.73 Å². The summed E-state index contributed by atoms with van der Waals surface area (Å²) in [7, 11) is 0. The van der Waals surface area contributed by atoms with E-state index < -0.39 is 0 Å². The molecule has 4 N–H and O–H groups in total. The van der Waals surface area contributed by atoms with Crippen molar-refractivity contribution in [2.24, 2.45) is 5.73 Å². The van der Waals surface area contributed by atoms with E-state index in [2.05, 4.69) is 6.92 Å². The Hall–Kier alpha value is -0.120. The lowest BCUT2D eigenvalue weighted by Crippen LogP contribution is -2.02. The Bertz CT molecular complexity index is 61.9. The zero-order valence-electron chi connectivity index (χ0n) is 8.84. The second kappa shape index (κ2) is 17.8. The number of rotatable bonds is 7. The summed E-state index contributed by atoms with van der Waals surface area (Å²) < 4.78 is 0. The fraction of sp³-hybridized carbons (Fsp3) is 1.00. The molecule has 0 aromatic carbocycles. The first-order valence-electron chi connectivity index (χ1n) is 5.25. The van der Waals surface area contributed by atoms with Gasteiger partial charge in [0.05, 0.1) is 6.61 Å². The van der Waals surface area contributed by atoms with E-state index in [1.807, 2.05) is 0 Å². The first kappa shape index (κ1) is 15.4. The Labute approximate surface area is 82.0 Å². The van der Waals surface area contributed by atoms with Crippen LogP contribution in [0, 0.1) is 0 Å². The molecule has 13 heavy (non-hydrogen) atoms. The van der Waals surface area contributed by atoms with E-state index in [0.29, 0.717) is 13.2 Å². The van der Waals surface area contributed by atoms with Crippen molar-refractivity contribution >= 4 is 0 Å². The average Bonchev–Trinajstić information content (AvgIpc) is 2.18. The molecule has 0 aliphatic heterocycles. The minimum absolute atomic E-state index is 0.0972. The summed E-state index contributed by atoms with van der Waals surface area (Å²) in [4.78, 5) is 0. The molecule has 3 heteroatoms. The molecular weight excluding hydrogens is 166 g/mol. The Morgan fingerprint density at radius 3 is 1.69 bits per heavy atom. The highest BCUT2D eigenvalue weighted by Gasteiger charge is 1.86. The monoisotopic (exact) mass is 191 g/mol. The number of hydrogen-bond acceptors (Lipinski definition) is 3. The first-order valence-corrected chi connectivity index (χ1v) is 5.25. The van der Waals surface area contributed by atoms with Crippen LogP contribution in [0.2, 0.25) is 0 Å². The molecule has 0 saturated carbocycles. The first-order chi connectivity index (χ1) is 6.33. The largest absolute Gasteiger partial charge is 0.396 e. The molecule has 0 fully saturated rings. The predicted octanol–water partition coefficient (Wildman–Crippen LogP) is 1.28. The number of aliphatic hydroxyl groups excluding tert-OH is 2. The van der Waals surface area contributed by atoms with Gasteiger partial charge in [-0.2, -0.15) is 0 Å². The van der Waals surface area contributed by atoms with E-state index in [1.165, 1.54) is 32.1 Å². The lowest BCUT2D eigenvalue weighted by Gasteiger charge is -1.95. The van der Waals surface area contributed by atoms with E-state index in [0.717, 1.165) is 6.42 Å². The molecule has 3 nitrogen and oxygen atoms in total. The van der Waals surface area contributed by atoms with Crippen molar-refractivity contribution < 1.29 is 10.2 Å². The summed E-state index contributed by atoms with van der Waals surface area (Å²) in [5.74, 6) is 0. The number of unbranched alkanes of at least 4 members (excludes halogenated alkanes) is 5. The molecule has 0 heterocycles. The summed E-state index contributed by atoms with van der Waals surface area (Å²) in [5.41, 5.74) is 4.78. The van der Waals surface area contributed by atoms with Crippen molar-refractivity contribution in [3.8, 4) is 0 Å². The van der Waals surface area contributed by atoms with Crippen LogP contribution in [0.4, 0.5) is 0 Å². The molecule has 0 aliphatic carbocycles. The third-order valence-corrected chi connectivity index (χ3v) is 1.64. The van der Waals surface area contributed by atoms with E-state index in [9.17, 15) is 0 Å². The van der Waals surface area contributed by atoms with Crippen LogP contribution in [0.1, 0.15) is 45.4 Å². The van der Waals surface area contributed by atoms with Crippen molar-refractivity contribution in [2.75, 3.05) is 19.8 Å². The lowest BCUT2D eigenvalue weighted by atomic mass is 10.1. The summed E-state index contributed by atoms with van der Waals surface area (Å²) in [6.07, 6.45) is 7.50. The molecule has 82 valence electrons. The predicted molar refractivity (Wildman–Crippen MR) is 56.6 cm³/mol. The molecule has 0 aromatic rings. The van der Waals surface area contributed by atoms with Crippen molar-refractivity contribution in [2.45, 2.75) is 45.4 Å². The summed E-state index contributed by atoms with van der Waals surface area (Å²) in [5, 5.41) is 16.2. The van der Waals surface area contributed by atoms with Gasteiger partial charge in [0.2, 0.25) is 0 Å². The van der Waals surface area contributed by atoms with Crippen LogP contribution in [-0.2, 0) is 0 Å². The summed E-state index contributed by atoms with van der Waals surface area (Å²) in [6.45, 7) is 3.05. The lowest BCUT2D eigenvalue weighted by molar-refractivity contribution is 0.282. The quantitative estimate of drug-likeness (QED) is 0.531. The molecule has 0 aliphatic rings. The molecule has 0 radical (unpaired) electrons. The van der Waals surface area contributed by atoms with Crippen LogP contribution in [0.25, 0.3) is 0 Å². The van der Waals surface area contributed by atoms with Crippen molar-refractivity contribution in [3.05, 3.63) is 0 Å². The molecule has 0 bridgehead atoms. The molecule has 0 saturated heterocycles. The zero-order chi connectivity index (χ0) is 10.4. The van der Waals surface area contributed by atoms with Crippen LogP contribution in [0.5, 0.6) is 0 Å². The van der Waals surface area contributed by atoms with Crippen LogP contribution in [0.15, 0.2) is 0 Å². The second-order valence-corrected chi connectivity index (χ2v) is 3.00. The molecule has 0 aromatic heterocycles. The van der Waals surface area contributed by atoms with Gasteiger partial charge in [-0.1, -0.05) is 39.0 Å². The number of hydrogen-bond donors (Lipinski definition) is 3. The second-order valence-electron chi connectivity index (χ2n) is 3.00. The molecule has 0 unspecified atom stereocenters. The third kappa shape index (κ3) is 24.5. The minimum atomic E-state index is 0.0972. The summed E-state index contributed by atoms with van der Waals surface area (Å²) >= 11 is 0. The standard InChI is InChI=1S/C8H18O.C2H7NO/c1-2-3-4-5-6-7-8-9;3-1-2-4/h9H,2-8H2,1H3;4H,1-3H2. The SMILES string of the molecule is CCCCCCCCO.NCCO. The van der Waals surface area contributed by atoms with Gasteiger partial charge in [-0.25, -0.2) is 0 Å². The van der Waals surface area contributed by atoms with Crippen molar-refractivity contribution in [3.63, 3.8) is 0 Å². The maximum absolute atomic E-state index is 8.42. The Kier molecular flexibility index (Phi) is 21.1. The third-order valence-electron chi connectivity index (χ3n) is 1.64. The summed E-state index contributed by atoms with van der Waals surface area (Å²) in [6, 6.07) is 0. The molecule has 0 rings (SSSR count). The van der Waals surface area contributed by atoms with Gasteiger partial charge in [0, 0.05) is 13.2 Å². The van der Waals surface area contributed by atoms with Gasteiger partial charge in [0.25, 0.3) is 0 Å². The van der Waals surface area contributed by atoms with Gasteiger partial charge in [-0.05, 0) is 6.42 Å². The molecule has 0 amide bonds. The smallest absolute Gasteiger partial charge is 0.0553 e. The van der Waals surface area contributed by atoms with Gasteiger partial charge >= 0.3 is 0 Å². The zero-order valence-corrected chi connectivity index (χ0v) is 8.84. The maximum atomic E-state index is 8.42. The Balaban J connectivity index is 0. The Morgan fingerprint density at radius 1 is 0.846 bits per heavy atom. The van der Waals surface area contributed by atoms with Gasteiger partial charge in [0.1, 0.15) is 0 Å². The Morgan fingerprint density at radius 2 is 1.31 bits per heavy atom.